The summed E-state index contributed by atoms with van der Waals surface area (Å²) in [7, 11) is 0. The summed E-state index contributed by atoms with van der Waals surface area (Å²) in [4.78, 5) is 14.3. The second-order valence-electron chi connectivity index (χ2n) is 4.94. The first-order valence-corrected chi connectivity index (χ1v) is 7.58. The minimum atomic E-state index is -0.747. The van der Waals surface area contributed by atoms with Crippen LogP contribution in [0.4, 0.5) is 4.39 Å². The van der Waals surface area contributed by atoms with E-state index >= 15 is 0 Å². The molecular formula is C15H20ClFN2O2. The Hall–Kier alpha value is -1.17. The van der Waals surface area contributed by atoms with Gasteiger partial charge >= 0.3 is 5.97 Å². The predicted octanol–water partition coefficient (Wildman–Crippen LogP) is 2.38. The highest BCUT2D eigenvalue weighted by atomic mass is 35.5. The summed E-state index contributed by atoms with van der Waals surface area (Å²) in [6.07, 6.45) is 0.901. The number of hydrogen-bond acceptors (Lipinski definition) is 4. The third kappa shape index (κ3) is 3.93. The highest BCUT2D eigenvalue weighted by molar-refractivity contribution is 6.30. The third-order valence-electron chi connectivity index (χ3n) is 3.53. The molecule has 0 spiro atoms. The normalized spacial score (nSPS) is 18.0. The van der Waals surface area contributed by atoms with Crippen molar-refractivity contribution in [2.24, 2.45) is 0 Å². The number of nitrogens with one attached hydrogen (secondary N) is 1. The summed E-state index contributed by atoms with van der Waals surface area (Å²) in [5.41, 5.74) is 0.280. The zero-order chi connectivity index (χ0) is 15.2. The topological polar surface area (TPSA) is 41.6 Å². The number of nitrogens with zero attached hydrogens (tertiary/aromatic N) is 1. The second-order valence-corrected chi connectivity index (χ2v) is 5.34. The number of ether oxygens (including phenoxy) is 1. The summed E-state index contributed by atoms with van der Waals surface area (Å²) >= 11 is 5.85. The van der Waals surface area contributed by atoms with Crippen LogP contribution in [0.1, 0.15) is 24.9 Å². The Morgan fingerprint density at radius 2 is 2.29 bits per heavy atom. The van der Waals surface area contributed by atoms with E-state index in [-0.39, 0.29) is 17.2 Å². The molecule has 0 amide bonds. The molecule has 4 nitrogen and oxygen atoms in total. The maximum Gasteiger partial charge on any atom is 0.328 e. The number of esters is 1. The summed E-state index contributed by atoms with van der Waals surface area (Å²) in [6, 6.07) is 3.99. The second kappa shape index (κ2) is 7.73. The van der Waals surface area contributed by atoms with Gasteiger partial charge in [-0.05, 0) is 26.0 Å². The van der Waals surface area contributed by atoms with E-state index in [4.69, 9.17) is 16.3 Å². The minimum Gasteiger partial charge on any atom is -0.465 e. The van der Waals surface area contributed by atoms with E-state index < -0.39 is 17.8 Å². The van der Waals surface area contributed by atoms with E-state index in [1.54, 1.807) is 19.1 Å². The van der Waals surface area contributed by atoms with Crippen molar-refractivity contribution < 1.29 is 13.9 Å². The smallest absolute Gasteiger partial charge is 0.328 e. The fraction of sp³-hybridized carbons (Fsp3) is 0.533. The number of carbonyl (C=O) groups excluding carboxylic acids is 1. The van der Waals surface area contributed by atoms with Crippen LogP contribution in [0.25, 0.3) is 0 Å². The number of halogens is 2. The monoisotopic (exact) mass is 314 g/mol. The van der Waals surface area contributed by atoms with Crippen LogP contribution >= 0.6 is 11.6 Å². The van der Waals surface area contributed by atoms with Crippen LogP contribution in [-0.4, -0.2) is 43.7 Å². The molecule has 1 aromatic carbocycles. The molecular weight excluding hydrogens is 295 g/mol. The van der Waals surface area contributed by atoms with E-state index in [0.29, 0.717) is 13.1 Å². The lowest BCUT2D eigenvalue weighted by molar-refractivity contribution is -0.150. The van der Waals surface area contributed by atoms with Gasteiger partial charge in [0.15, 0.2) is 0 Å². The average molecular weight is 315 g/mol. The van der Waals surface area contributed by atoms with Crippen molar-refractivity contribution >= 4 is 17.6 Å². The number of rotatable bonds is 4. The van der Waals surface area contributed by atoms with Gasteiger partial charge in [-0.2, -0.15) is 0 Å². The van der Waals surface area contributed by atoms with E-state index in [1.807, 2.05) is 4.90 Å². The van der Waals surface area contributed by atoms with Gasteiger partial charge in [0.1, 0.15) is 11.9 Å². The number of carbonyl (C=O) groups is 1. The molecule has 0 bridgehead atoms. The molecule has 0 aromatic heterocycles. The molecule has 1 saturated heterocycles. The van der Waals surface area contributed by atoms with Crippen LogP contribution in [0, 0.1) is 5.82 Å². The van der Waals surface area contributed by atoms with Crippen molar-refractivity contribution in [1.82, 2.24) is 10.2 Å². The fourth-order valence-electron chi connectivity index (χ4n) is 2.55. The predicted molar refractivity (Wildman–Crippen MR) is 79.8 cm³/mol. The van der Waals surface area contributed by atoms with Gasteiger partial charge in [0, 0.05) is 25.2 Å². The molecule has 0 radical (unpaired) electrons. The molecule has 1 unspecified atom stereocenters. The molecule has 1 aliphatic rings. The fourth-order valence-corrected chi connectivity index (χ4v) is 2.73. The van der Waals surface area contributed by atoms with E-state index in [9.17, 15) is 9.18 Å². The molecule has 1 fully saturated rings. The van der Waals surface area contributed by atoms with Crippen LogP contribution in [0.2, 0.25) is 5.02 Å². The quantitative estimate of drug-likeness (QED) is 0.866. The SMILES string of the molecule is CCOC(=O)C(c1cccc(Cl)c1F)N1CCCNCC1. The first kappa shape index (κ1) is 16.2. The van der Waals surface area contributed by atoms with Gasteiger partial charge in [-0.3, -0.25) is 4.90 Å². The Bertz CT molecular complexity index is 491. The van der Waals surface area contributed by atoms with Gasteiger partial charge in [0.2, 0.25) is 0 Å². The molecule has 1 N–H and O–H groups in total. The van der Waals surface area contributed by atoms with E-state index in [2.05, 4.69) is 5.32 Å². The van der Waals surface area contributed by atoms with Crippen molar-refractivity contribution in [2.45, 2.75) is 19.4 Å². The Labute approximate surface area is 129 Å². The number of hydrogen-bond donors (Lipinski definition) is 1. The van der Waals surface area contributed by atoms with Crippen LogP contribution < -0.4 is 5.32 Å². The average Bonchev–Trinajstić information content (AvgIpc) is 2.73. The maximum atomic E-state index is 14.3. The summed E-state index contributed by atoms with van der Waals surface area (Å²) < 4.78 is 19.5. The summed E-state index contributed by atoms with van der Waals surface area (Å²) in [5, 5.41) is 3.29. The van der Waals surface area contributed by atoms with Crippen LogP contribution in [0.3, 0.4) is 0 Å². The van der Waals surface area contributed by atoms with Crippen molar-refractivity contribution in [3.8, 4) is 0 Å². The maximum absolute atomic E-state index is 14.3. The van der Waals surface area contributed by atoms with Gasteiger partial charge in [0.05, 0.1) is 11.6 Å². The zero-order valence-corrected chi connectivity index (χ0v) is 12.8. The van der Waals surface area contributed by atoms with Gasteiger partial charge in [-0.15, -0.1) is 0 Å². The Morgan fingerprint density at radius 1 is 1.48 bits per heavy atom. The zero-order valence-electron chi connectivity index (χ0n) is 12.1. The van der Waals surface area contributed by atoms with Crippen LogP contribution in [0.5, 0.6) is 0 Å². The first-order chi connectivity index (χ1) is 10.1. The lowest BCUT2D eigenvalue weighted by Crippen LogP contribution is -2.38. The van der Waals surface area contributed by atoms with Crippen LogP contribution in [-0.2, 0) is 9.53 Å². The third-order valence-corrected chi connectivity index (χ3v) is 3.82. The molecule has 1 aliphatic heterocycles. The van der Waals surface area contributed by atoms with Gasteiger partial charge < -0.3 is 10.1 Å². The molecule has 1 atom stereocenters. The Balaban J connectivity index is 2.34. The molecule has 1 heterocycles. The molecule has 116 valence electrons. The van der Waals surface area contributed by atoms with Crippen LogP contribution in [0.15, 0.2) is 18.2 Å². The standard InChI is InChI=1S/C15H20ClFN2O2/c1-2-21-15(20)14(19-9-4-7-18-8-10-19)11-5-3-6-12(16)13(11)17/h3,5-6,14,18H,2,4,7-10H2,1H3. The molecule has 2 rings (SSSR count). The van der Waals surface area contributed by atoms with E-state index in [0.717, 1.165) is 19.5 Å². The largest absolute Gasteiger partial charge is 0.465 e. The molecule has 21 heavy (non-hydrogen) atoms. The Morgan fingerprint density at radius 3 is 3.05 bits per heavy atom. The highest BCUT2D eigenvalue weighted by Crippen LogP contribution is 2.29. The summed E-state index contributed by atoms with van der Waals surface area (Å²) in [5.74, 6) is -0.977. The van der Waals surface area contributed by atoms with Crippen molar-refractivity contribution in [3.05, 3.63) is 34.6 Å². The van der Waals surface area contributed by atoms with Gasteiger partial charge in [0.25, 0.3) is 0 Å². The van der Waals surface area contributed by atoms with Crippen molar-refractivity contribution in [2.75, 3.05) is 32.8 Å². The van der Waals surface area contributed by atoms with Crippen molar-refractivity contribution in [3.63, 3.8) is 0 Å². The summed E-state index contributed by atoms with van der Waals surface area (Å²) in [6.45, 7) is 5.04. The molecule has 0 saturated carbocycles. The Kier molecular flexibility index (Phi) is 5.96. The molecule has 6 heteroatoms. The molecule has 1 aromatic rings. The first-order valence-electron chi connectivity index (χ1n) is 7.20. The lowest BCUT2D eigenvalue weighted by Gasteiger charge is -2.29. The minimum absolute atomic E-state index is 0.0229. The van der Waals surface area contributed by atoms with Gasteiger partial charge in [-0.1, -0.05) is 23.7 Å². The molecule has 0 aliphatic carbocycles. The number of benzene rings is 1. The van der Waals surface area contributed by atoms with E-state index in [1.165, 1.54) is 6.07 Å². The van der Waals surface area contributed by atoms with Gasteiger partial charge in [-0.25, -0.2) is 9.18 Å². The van der Waals surface area contributed by atoms with Crippen molar-refractivity contribution in [1.29, 1.82) is 0 Å². The lowest BCUT2D eigenvalue weighted by atomic mass is 10.0. The highest BCUT2D eigenvalue weighted by Gasteiger charge is 2.32.